The van der Waals surface area contributed by atoms with E-state index in [1.807, 2.05) is 0 Å². The van der Waals surface area contributed by atoms with Crippen molar-refractivity contribution in [2.75, 3.05) is 5.32 Å². The molecular weight excluding hydrogens is 326 g/mol. The molecule has 1 heterocycles. The summed E-state index contributed by atoms with van der Waals surface area (Å²) in [6.45, 7) is 1.77. The molecule has 2 nitrogen and oxygen atoms in total. The van der Waals surface area contributed by atoms with Crippen molar-refractivity contribution in [2.24, 2.45) is 4.99 Å². The number of anilines is 1. The van der Waals surface area contributed by atoms with Gasteiger partial charge in [-0.3, -0.25) is 4.99 Å². The van der Waals surface area contributed by atoms with E-state index in [1.54, 1.807) is 25.1 Å². The molecule has 1 atom stereocenters. The van der Waals surface area contributed by atoms with Crippen LogP contribution in [0.5, 0.6) is 0 Å². The van der Waals surface area contributed by atoms with Crippen molar-refractivity contribution in [3.63, 3.8) is 0 Å². The lowest BCUT2D eigenvalue weighted by molar-refractivity contribution is 0.579. The van der Waals surface area contributed by atoms with Gasteiger partial charge in [0.05, 0.1) is 17.3 Å². The van der Waals surface area contributed by atoms with Gasteiger partial charge in [-0.15, -0.1) is 0 Å². The summed E-state index contributed by atoms with van der Waals surface area (Å²) < 4.78 is 28.4. The molecule has 0 saturated carbocycles. The summed E-state index contributed by atoms with van der Waals surface area (Å²) in [6.07, 6.45) is 0. The van der Waals surface area contributed by atoms with Crippen molar-refractivity contribution in [1.29, 1.82) is 0 Å². The molecule has 1 aliphatic heterocycles. The highest BCUT2D eigenvalue weighted by Crippen LogP contribution is 2.29. The number of nitrogens with zero attached hydrogens (tertiary/aromatic N) is 1. The second-order valence-corrected chi connectivity index (χ2v) is 5.81. The first kappa shape index (κ1) is 15.1. The van der Waals surface area contributed by atoms with Crippen LogP contribution in [0.25, 0.3) is 0 Å². The minimum Gasteiger partial charge on any atom is -0.348 e. The summed E-state index contributed by atoms with van der Waals surface area (Å²) in [4.78, 5) is 4.89. The van der Waals surface area contributed by atoms with Gasteiger partial charge in [-0.05, 0) is 37.3 Å². The van der Waals surface area contributed by atoms with Crippen LogP contribution >= 0.6 is 23.8 Å². The maximum absolute atomic E-state index is 14.2. The van der Waals surface area contributed by atoms with Crippen LogP contribution in [0.15, 0.2) is 41.4 Å². The maximum Gasteiger partial charge on any atom is 0.135 e. The molecule has 0 spiro atoms. The van der Waals surface area contributed by atoms with Crippen molar-refractivity contribution in [1.82, 2.24) is 0 Å². The van der Waals surface area contributed by atoms with Gasteiger partial charge in [0.15, 0.2) is 0 Å². The fourth-order valence-corrected chi connectivity index (χ4v) is 2.64. The zero-order valence-corrected chi connectivity index (χ0v) is 13.1. The molecule has 0 radical (unpaired) electrons. The highest BCUT2D eigenvalue weighted by atomic mass is 35.5. The normalized spacial score (nSPS) is 17.4. The van der Waals surface area contributed by atoms with E-state index < -0.39 is 17.7 Å². The lowest BCUT2D eigenvalue weighted by Gasteiger charge is -2.12. The number of nitrogens with one attached hydrogen (secondary N) is 1. The van der Waals surface area contributed by atoms with Crippen LogP contribution in [0.3, 0.4) is 0 Å². The summed E-state index contributed by atoms with van der Waals surface area (Å²) in [5.74, 6) is -1.35. The van der Waals surface area contributed by atoms with Gasteiger partial charge < -0.3 is 5.32 Å². The minimum absolute atomic E-state index is 0.177. The molecule has 0 aliphatic carbocycles. The molecule has 22 heavy (non-hydrogen) atoms. The third kappa shape index (κ3) is 2.62. The fraction of sp³-hybridized carbons (Fsp3) is 0.125. The van der Waals surface area contributed by atoms with E-state index in [4.69, 9.17) is 23.8 Å². The molecule has 0 saturated heterocycles. The van der Waals surface area contributed by atoms with Crippen LogP contribution in [0, 0.1) is 11.6 Å². The summed E-state index contributed by atoms with van der Waals surface area (Å²) in [5, 5.41) is 3.50. The monoisotopic (exact) mass is 336 g/mol. The van der Waals surface area contributed by atoms with Crippen molar-refractivity contribution >= 4 is 40.2 Å². The Bertz CT molecular complexity index is 784. The Morgan fingerprint density at radius 3 is 2.55 bits per heavy atom. The van der Waals surface area contributed by atoms with Crippen LogP contribution in [-0.2, 0) is 0 Å². The number of rotatable bonds is 1. The molecule has 0 fully saturated rings. The summed E-state index contributed by atoms with van der Waals surface area (Å²) in [6, 6.07) is 8.33. The van der Waals surface area contributed by atoms with Crippen LogP contribution in [0.2, 0.25) is 5.02 Å². The third-order valence-electron chi connectivity index (χ3n) is 3.40. The second-order valence-electron chi connectivity index (χ2n) is 4.93. The molecule has 6 heteroatoms. The number of benzodiazepines with no additional fused rings is 1. The Morgan fingerprint density at radius 1 is 1.18 bits per heavy atom. The zero-order valence-electron chi connectivity index (χ0n) is 11.5. The van der Waals surface area contributed by atoms with Crippen molar-refractivity contribution in [3.8, 4) is 0 Å². The van der Waals surface area contributed by atoms with Gasteiger partial charge in [0.1, 0.15) is 16.6 Å². The third-order valence-corrected chi connectivity index (χ3v) is 4.07. The molecule has 1 unspecified atom stereocenters. The molecule has 0 aromatic heterocycles. The first-order chi connectivity index (χ1) is 10.5. The highest BCUT2D eigenvalue weighted by Gasteiger charge is 2.24. The van der Waals surface area contributed by atoms with E-state index in [0.717, 1.165) is 0 Å². The maximum atomic E-state index is 14.2. The smallest absolute Gasteiger partial charge is 0.135 e. The Morgan fingerprint density at radius 2 is 1.86 bits per heavy atom. The lowest BCUT2D eigenvalue weighted by atomic mass is 9.99. The Labute approximate surface area is 136 Å². The van der Waals surface area contributed by atoms with Crippen LogP contribution in [-0.4, -0.2) is 16.7 Å². The molecule has 1 aliphatic rings. The molecule has 2 aromatic rings. The predicted octanol–water partition coefficient (Wildman–Crippen LogP) is 4.60. The largest absolute Gasteiger partial charge is 0.348 e. The average molecular weight is 337 g/mol. The van der Waals surface area contributed by atoms with E-state index in [0.29, 0.717) is 21.3 Å². The Kier molecular flexibility index (Phi) is 3.93. The molecule has 3 rings (SSSR count). The van der Waals surface area contributed by atoms with E-state index >= 15 is 0 Å². The van der Waals surface area contributed by atoms with Crippen molar-refractivity contribution in [3.05, 3.63) is 64.2 Å². The topological polar surface area (TPSA) is 24.4 Å². The molecule has 0 amide bonds. The summed E-state index contributed by atoms with van der Waals surface area (Å²) in [5.41, 5.74) is 1.17. The van der Waals surface area contributed by atoms with Gasteiger partial charge in [-0.1, -0.05) is 29.9 Å². The number of aliphatic imine (C=N–C) groups is 1. The molecule has 1 N–H and O–H groups in total. The van der Waals surface area contributed by atoms with Gasteiger partial charge in [-0.25, -0.2) is 8.78 Å². The van der Waals surface area contributed by atoms with Gasteiger partial charge in [0.25, 0.3) is 0 Å². The predicted molar refractivity (Wildman–Crippen MR) is 89.1 cm³/mol. The summed E-state index contributed by atoms with van der Waals surface area (Å²) in [7, 11) is 0. The number of hydrogen-bond acceptors (Lipinski definition) is 2. The van der Waals surface area contributed by atoms with E-state index in [-0.39, 0.29) is 11.3 Å². The van der Waals surface area contributed by atoms with Crippen LogP contribution < -0.4 is 5.32 Å². The zero-order chi connectivity index (χ0) is 15.9. The van der Waals surface area contributed by atoms with Gasteiger partial charge in [-0.2, -0.15) is 0 Å². The average Bonchev–Trinajstić information content (AvgIpc) is 2.58. The second kappa shape index (κ2) is 5.74. The van der Waals surface area contributed by atoms with Crippen molar-refractivity contribution < 1.29 is 8.78 Å². The van der Waals surface area contributed by atoms with E-state index in [1.165, 1.54) is 18.2 Å². The van der Waals surface area contributed by atoms with Gasteiger partial charge >= 0.3 is 0 Å². The number of thiocarbonyl (C=S) groups is 1. The minimum atomic E-state index is -0.676. The van der Waals surface area contributed by atoms with E-state index in [2.05, 4.69) is 10.3 Å². The number of benzene rings is 2. The van der Waals surface area contributed by atoms with Crippen LogP contribution in [0.1, 0.15) is 18.1 Å². The SMILES string of the molecule is CC1N=C(c2c(F)cccc2F)c2cc(Cl)ccc2NC1=S. The van der Waals surface area contributed by atoms with Gasteiger partial charge in [0, 0.05) is 16.3 Å². The fourth-order valence-electron chi connectivity index (χ4n) is 2.30. The number of fused-ring (bicyclic) bond motifs is 1. The summed E-state index contributed by atoms with van der Waals surface area (Å²) >= 11 is 11.3. The first-order valence-electron chi connectivity index (χ1n) is 6.60. The lowest BCUT2D eigenvalue weighted by Crippen LogP contribution is -2.20. The first-order valence-corrected chi connectivity index (χ1v) is 7.39. The number of halogens is 3. The molecule has 0 bridgehead atoms. The highest BCUT2D eigenvalue weighted by molar-refractivity contribution is 7.80. The quantitative estimate of drug-likeness (QED) is 0.770. The number of hydrogen-bond donors (Lipinski definition) is 1. The Balaban J connectivity index is 2.31. The molecule has 2 aromatic carbocycles. The van der Waals surface area contributed by atoms with Crippen molar-refractivity contribution in [2.45, 2.75) is 13.0 Å². The molecular formula is C16H11ClF2N2S. The van der Waals surface area contributed by atoms with E-state index in [9.17, 15) is 8.78 Å². The molecule has 112 valence electrons. The standard InChI is InChI=1S/C16H11ClF2N2S/c1-8-16(22)21-13-6-5-9(17)7-10(13)15(20-8)14-11(18)3-2-4-12(14)19/h2-8H,1H3,(H,21,22). The van der Waals surface area contributed by atoms with Crippen LogP contribution in [0.4, 0.5) is 14.5 Å². The Hall–Kier alpha value is -1.85. The van der Waals surface area contributed by atoms with Gasteiger partial charge in [0.2, 0.25) is 0 Å².